The molecule has 2 rings (SSSR count). The molecule has 0 N–H and O–H groups in total. The fourth-order valence-corrected chi connectivity index (χ4v) is 6.95. The Bertz CT molecular complexity index is 417. The second-order valence-electron chi connectivity index (χ2n) is 11.9. The van der Waals surface area contributed by atoms with Gasteiger partial charge in [-0.15, -0.1) is 0 Å². The van der Waals surface area contributed by atoms with Crippen LogP contribution in [0.3, 0.4) is 0 Å². The van der Waals surface area contributed by atoms with E-state index in [4.69, 9.17) is 0 Å². The van der Waals surface area contributed by atoms with Crippen LogP contribution in [0.25, 0.3) is 0 Å². The Balaban J connectivity index is 2.31. The molecule has 5 unspecified atom stereocenters. The highest BCUT2D eigenvalue weighted by atomic mass is 32.2. The maximum absolute atomic E-state index is 2.56. The van der Waals surface area contributed by atoms with E-state index in [2.05, 4.69) is 81.0 Å². The molecule has 1 aliphatic carbocycles. The first-order valence-corrected chi connectivity index (χ1v) is 10.7. The predicted molar refractivity (Wildman–Crippen MR) is 107 cm³/mol. The molecule has 2 aliphatic rings. The molecule has 23 heavy (non-hydrogen) atoms. The predicted octanol–water partition coefficient (Wildman–Crippen LogP) is 7.42. The van der Waals surface area contributed by atoms with Gasteiger partial charge in [0, 0.05) is 10.00 Å². The maximum Gasteiger partial charge on any atom is 0.0186 e. The van der Waals surface area contributed by atoms with Gasteiger partial charge in [-0.25, -0.2) is 0 Å². The largest absolute Gasteiger partial charge is 0.151 e. The molecule has 0 aromatic rings. The van der Waals surface area contributed by atoms with E-state index in [1.807, 2.05) is 0 Å². The smallest absolute Gasteiger partial charge is 0.0186 e. The summed E-state index contributed by atoms with van der Waals surface area (Å²) in [5, 5.41) is 0.885. The molecule has 0 spiro atoms. The molecule has 1 saturated carbocycles. The minimum atomic E-state index is 0.382. The summed E-state index contributed by atoms with van der Waals surface area (Å²) in [6.45, 7) is 24.8. The van der Waals surface area contributed by atoms with E-state index in [0.717, 1.165) is 23.0 Å². The van der Waals surface area contributed by atoms with Crippen molar-refractivity contribution < 1.29 is 0 Å². The number of rotatable bonds is 0. The summed E-state index contributed by atoms with van der Waals surface area (Å²) < 4.78 is 0.417. The molecule has 0 radical (unpaired) electrons. The third kappa shape index (κ3) is 3.96. The van der Waals surface area contributed by atoms with Crippen LogP contribution >= 0.6 is 11.8 Å². The zero-order valence-electron chi connectivity index (χ0n) is 17.5. The summed E-state index contributed by atoms with van der Waals surface area (Å²) in [7, 11) is 0. The van der Waals surface area contributed by atoms with Crippen LogP contribution < -0.4 is 0 Å². The van der Waals surface area contributed by atoms with Gasteiger partial charge in [0.25, 0.3) is 0 Å². The monoisotopic (exact) mass is 338 g/mol. The summed E-state index contributed by atoms with van der Waals surface area (Å²) >= 11 is 2.36. The van der Waals surface area contributed by atoms with Crippen LogP contribution in [0.5, 0.6) is 0 Å². The molecule has 0 aromatic heterocycles. The van der Waals surface area contributed by atoms with Gasteiger partial charge in [0.2, 0.25) is 0 Å². The van der Waals surface area contributed by atoms with Crippen LogP contribution in [-0.2, 0) is 0 Å². The Morgan fingerprint density at radius 1 is 0.826 bits per heavy atom. The summed E-state index contributed by atoms with van der Waals surface area (Å²) in [6.07, 6.45) is 5.73. The van der Waals surface area contributed by atoms with E-state index in [0.29, 0.717) is 21.0 Å². The lowest BCUT2D eigenvalue weighted by molar-refractivity contribution is 0.0381. The second-order valence-corrected chi connectivity index (χ2v) is 13.6. The molecule has 1 heterocycles. The Labute approximate surface area is 151 Å². The van der Waals surface area contributed by atoms with Gasteiger partial charge in [0.15, 0.2) is 0 Å². The standard InChI is InChI=1S/C22H42S/c1-19(2,3)15-11-12-18-16(13-15)17(20(4,5)6)14-22(10,23-18)21(7,8)9/h15-18H,11-14H2,1-10H3. The summed E-state index contributed by atoms with van der Waals surface area (Å²) in [5.74, 6) is 2.70. The molecule has 1 saturated heterocycles. The van der Waals surface area contributed by atoms with Gasteiger partial charge >= 0.3 is 0 Å². The molecule has 0 amide bonds. The average molecular weight is 339 g/mol. The van der Waals surface area contributed by atoms with Gasteiger partial charge in [-0.3, -0.25) is 0 Å². The minimum absolute atomic E-state index is 0.382. The van der Waals surface area contributed by atoms with Crippen LogP contribution in [0.4, 0.5) is 0 Å². The lowest BCUT2D eigenvalue weighted by atomic mass is 9.58. The quantitative estimate of drug-likeness (QED) is 0.443. The summed E-state index contributed by atoms with van der Waals surface area (Å²) in [6, 6.07) is 0. The Hall–Kier alpha value is 0.350. The van der Waals surface area contributed by atoms with Gasteiger partial charge < -0.3 is 0 Å². The number of hydrogen-bond donors (Lipinski definition) is 0. The zero-order valence-corrected chi connectivity index (χ0v) is 18.4. The Morgan fingerprint density at radius 2 is 1.39 bits per heavy atom. The van der Waals surface area contributed by atoms with Crippen LogP contribution in [0.1, 0.15) is 94.9 Å². The van der Waals surface area contributed by atoms with Crippen molar-refractivity contribution in [1.29, 1.82) is 0 Å². The first kappa shape index (κ1) is 19.7. The fourth-order valence-electron chi connectivity index (χ4n) is 4.92. The van der Waals surface area contributed by atoms with E-state index < -0.39 is 0 Å². The van der Waals surface area contributed by atoms with Crippen molar-refractivity contribution in [2.45, 2.75) is 105 Å². The third-order valence-electron chi connectivity index (χ3n) is 7.30. The average Bonchev–Trinajstić information content (AvgIpc) is 2.33. The number of fused-ring (bicyclic) bond motifs is 1. The molecular formula is C22H42S. The molecule has 1 heteroatoms. The second kappa shape index (κ2) is 5.96. The molecule has 2 fully saturated rings. The van der Waals surface area contributed by atoms with E-state index in [1.165, 1.54) is 25.7 Å². The molecule has 0 aromatic carbocycles. The topological polar surface area (TPSA) is 0 Å². The van der Waals surface area contributed by atoms with Crippen molar-refractivity contribution in [1.82, 2.24) is 0 Å². The van der Waals surface area contributed by atoms with Crippen molar-refractivity contribution >= 4 is 11.8 Å². The first-order valence-electron chi connectivity index (χ1n) is 9.83. The Morgan fingerprint density at radius 3 is 1.83 bits per heavy atom. The van der Waals surface area contributed by atoms with Crippen LogP contribution in [0.2, 0.25) is 0 Å². The van der Waals surface area contributed by atoms with Crippen LogP contribution in [0.15, 0.2) is 0 Å². The molecule has 1 aliphatic heterocycles. The van der Waals surface area contributed by atoms with E-state index >= 15 is 0 Å². The van der Waals surface area contributed by atoms with Crippen molar-refractivity contribution in [2.75, 3.05) is 0 Å². The molecular weight excluding hydrogens is 296 g/mol. The number of hydrogen-bond acceptors (Lipinski definition) is 1. The first-order chi connectivity index (χ1) is 10.2. The van der Waals surface area contributed by atoms with Gasteiger partial charge in [-0.2, -0.15) is 11.8 Å². The van der Waals surface area contributed by atoms with Gasteiger partial charge in [-0.05, 0) is 66.6 Å². The van der Waals surface area contributed by atoms with E-state index in [9.17, 15) is 0 Å². The van der Waals surface area contributed by atoms with Crippen molar-refractivity contribution in [3.05, 3.63) is 0 Å². The zero-order chi connectivity index (χ0) is 17.8. The van der Waals surface area contributed by atoms with Crippen molar-refractivity contribution in [3.63, 3.8) is 0 Å². The van der Waals surface area contributed by atoms with Crippen LogP contribution in [-0.4, -0.2) is 10.00 Å². The Kier molecular flexibility index (Phi) is 5.10. The molecule has 0 nitrogen and oxygen atoms in total. The summed E-state index contributed by atoms with van der Waals surface area (Å²) in [4.78, 5) is 0. The highest BCUT2D eigenvalue weighted by molar-refractivity contribution is 8.01. The minimum Gasteiger partial charge on any atom is -0.151 e. The van der Waals surface area contributed by atoms with Crippen molar-refractivity contribution in [2.24, 2.45) is 34.0 Å². The highest BCUT2D eigenvalue weighted by Crippen LogP contribution is 2.62. The fraction of sp³-hybridized carbons (Fsp3) is 1.00. The van der Waals surface area contributed by atoms with Crippen molar-refractivity contribution in [3.8, 4) is 0 Å². The third-order valence-corrected chi connectivity index (χ3v) is 9.48. The lowest BCUT2D eigenvalue weighted by Crippen LogP contribution is -2.53. The lowest BCUT2D eigenvalue weighted by Gasteiger charge is -2.58. The normalized spacial score (nSPS) is 39.9. The molecule has 136 valence electrons. The van der Waals surface area contributed by atoms with Gasteiger partial charge in [0.1, 0.15) is 0 Å². The van der Waals surface area contributed by atoms with Crippen LogP contribution in [0, 0.1) is 34.0 Å². The summed E-state index contributed by atoms with van der Waals surface area (Å²) in [5.41, 5.74) is 1.28. The maximum atomic E-state index is 2.56. The highest BCUT2D eigenvalue weighted by Gasteiger charge is 2.53. The molecule has 5 atom stereocenters. The SMILES string of the molecule is CC(C)(C)C1CCC2SC(C)(C(C)(C)C)CC(C(C)(C)C)C2C1. The van der Waals surface area contributed by atoms with E-state index in [1.54, 1.807) is 0 Å². The van der Waals surface area contributed by atoms with E-state index in [-0.39, 0.29) is 0 Å². The van der Waals surface area contributed by atoms with Gasteiger partial charge in [-0.1, -0.05) is 62.3 Å². The molecule has 0 bridgehead atoms. The van der Waals surface area contributed by atoms with Gasteiger partial charge in [0.05, 0.1) is 0 Å². The number of thioether (sulfide) groups is 1.